The van der Waals surface area contributed by atoms with Gasteiger partial charge in [-0.2, -0.15) is 0 Å². The number of nitrogens with zero attached hydrogens (tertiary/aromatic N) is 6. The summed E-state index contributed by atoms with van der Waals surface area (Å²) in [5, 5.41) is 24.5. The Balaban J connectivity index is 1.40. The molecule has 0 aliphatic heterocycles. The highest BCUT2D eigenvalue weighted by Crippen LogP contribution is 2.30. The molecule has 0 amide bonds. The number of aromatic hydroxyl groups is 1. The number of hydrogen-bond acceptors (Lipinski definition) is 6. The molecule has 1 unspecified atom stereocenters. The van der Waals surface area contributed by atoms with Crippen LogP contribution in [0.5, 0.6) is 5.75 Å². The van der Waals surface area contributed by atoms with E-state index >= 15 is 0 Å². The second-order valence-corrected chi connectivity index (χ2v) is 8.31. The fourth-order valence-electron chi connectivity index (χ4n) is 4.34. The summed E-state index contributed by atoms with van der Waals surface area (Å²) < 4.78 is 3.33. The third-order valence-electron chi connectivity index (χ3n) is 6.06. The molecule has 0 spiro atoms. The molecular formula is C26H25N7O2. The van der Waals surface area contributed by atoms with Crippen molar-refractivity contribution in [1.29, 1.82) is 0 Å². The lowest BCUT2D eigenvalue weighted by Gasteiger charge is -2.18. The van der Waals surface area contributed by atoms with E-state index in [1.807, 2.05) is 48.5 Å². The molecule has 5 rings (SSSR count). The fraction of sp³-hybridized carbons (Fsp3) is 0.192. The summed E-state index contributed by atoms with van der Waals surface area (Å²) in [4.78, 5) is 17.8. The molecule has 0 saturated carbocycles. The van der Waals surface area contributed by atoms with Gasteiger partial charge >= 0.3 is 5.69 Å². The van der Waals surface area contributed by atoms with Crippen molar-refractivity contribution in [2.24, 2.45) is 0 Å². The number of aromatic amines is 1. The summed E-state index contributed by atoms with van der Waals surface area (Å²) >= 11 is 0. The molecule has 2 N–H and O–H groups in total. The van der Waals surface area contributed by atoms with Crippen molar-refractivity contribution in [3.63, 3.8) is 0 Å². The monoisotopic (exact) mass is 467 g/mol. The summed E-state index contributed by atoms with van der Waals surface area (Å²) in [6.07, 6.45) is 6.97. The van der Waals surface area contributed by atoms with Gasteiger partial charge in [-0.05, 0) is 34.5 Å². The first-order valence-electron chi connectivity index (χ1n) is 11.5. The maximum absolute atomic E-state index is 13.2. The van der Waals surface area contributed by atoms with Crippen molar-refractivity contribution in [3.8, 4) is 28.3 Å². The van der Waals surface area contributed by atoms with Crippen LogP contribution >= 0.6 is 0 Å². The van der Waals surface area contributed by atoms with Gasteiger partial charge in [-0.15, -0.1) is 5.10 Å². The number of nitrogens with one attached hydrogen (secondary N) is 1. The van der Waals surface area contributed by atoms with E-state index in [-0.39, 0.29) is 17.5 Å². The quantitative estimate of drug-likeness (QED) is 0.356. The van der Waals surface area contributed by atoms with Crippen LogP contribution in [0, 0.1) is 0 Å². The molecule has 0 fully saturated rings. The normalized spacial score (nSPS) is 12.0. The van der Waals surface area contributed by atoms with E-state index < -0.39 is 0 Å². The number of H-pyrrole nitrogens is 1. The van der Waals surface area contributed by atoms with Gasteiger partial charge in [0.05, 0.1) is 18.3 Å². The van der Waals surface area contributed by atoms with E-state index in [0.29, 0.717) is 12.4 Å². The van der Waals surface area contributed by atoms with Gasteiger partial charge in [0.25, 0.3) is 0 Å². The Morgan fingerprint density at radius 3 is 2.51 bits per heavy atom. The molecule has 1 atom stereocenters. The van der Waals surface area contributed by atoms with Crippen molar-refractivity contribution in [3.05, 3.63) is 101 Å². The van der Waals surface area contributed by atoms with Gasteiger partial charge in [0.1, 0.15) is 5.75 Å². The van der Waals surface area contributed by atoms with Gasteiger partial charge in [0, 0.05) is 35.3 Å². The molecule has 2 aromatic carbocycles. The molecule has 3 aromatic heterocycles. The number of phenolic OH excluding ortho intramolecular Hbond substituents is 1. The molecule has 0 bridgehead atoms. The number of imidazole rings is 1. The van der Waals surface area contributed by atoms with Crippen molar-refractivity contribution >= 4 is 0 Å². The summed E-state index contributed by atoms with van der Waals surface area (Å²) in [5.41, 5.74) is 4.14. The van der Waals surface area contributed by atoms with E-state index in [4.69, 9.17) is 0 Å². The number of para-hydroxylation sites is 1. The van der Waals surface area contributed by atoms with E-state index in [1.54, 1.807) is 39.9 Å². The molecule has 0 aliphatic rings. The summed E-state index contributed by atoms with van der Waals surface area (Å²) in [5.74, 6) is 0.785. The zero-order valence-corrected chi connectivity index (χ0v) is 19.2. The first-order chi connectivity index (χ1) is 17.2. The number of phenols is 1. The smallest absolute Gasteiger partial charge is 0.329 e. The summed E-state index contributed by atoms with van der Waals surface area (Å²) in [6, 6.07) is 18.7. The van der Waals surface area contributed by atoms with E-state index in [0.717, 1.165) is 40.8 Å². The van der Waals surface area contributed by atoms with Crippen molar-refractivity contribution in [1.82, 2.24) is 34.7 Å². The van der Waals surface area contributed by atoms with E-state index in [9.17, 15) is 9.90 Å². The average molecular weight is 468 g/mol. The number of aromatic nitrogens is 7. The summed E-state index contributed by atoms with van der Waals surface area (Å²) in [6.45, 7) is 2.41. The number of pyridine rings is 1. The number of hydrogen-bond donors (Lipinski definition) is 2. The van der Waals surface area contributed by atoms with E-state index in [2.05, 4.69) is 32.5 Å². The Labute approximate surface area is 201 Å². The average Bonchev–Trinajstić information content (AvgIpc) is 3.55. The third kappa shape index (κ3) is 4.48. The lowest BCUT2D eigenvalue weighted by atomic mass is 10.0. The Bertz CT molecular complexity index is 1470. The van der Waals surface area contributed by atoms with Crippen molar-refractivity contribution in [2.45, 2.75) is 32.4 Å². The second kappa shape index (κ2) is 9.76. The molecule has 5 aromatic rings. The van der Waals surface area contributed by atoms with Crippen LogP contribution in [-0.4, -0.2) is 39.8 Å². The highest BCUT2D eigenvalue weighted by Gasteiger charge is 2.19. The van der Waals surface area contributed by atoms with Crippen LogP contribution in [0.3, 0.4) is 0 Å². The molecule has 0 radical (unpaired) electrons. The lowest BCUT2D eigenvalue weighted by molar-refractivity contribution is 0.438. The van der Waals surface area contributed by atoms with Gasteiger partial charge in [-0.3, -0.25) is 14.1 Å². The van der Waals surface area contributed by atoms with Crippen molar-refractivity contribution < 1.29 is 5.11 Å². The highest BCUT2D eigenvalue weighted by molar-refractivity contribution is 5.79. The zero-order valence-electron chi connectivity index (χ0n) is 19.2. The predicted octanol–water partition coefficient (Wildman–Crippen LogP) is 4.04. The van der Waals surface area contributed by atoms with Crippen LogP contribution in [0.4, 0.5) is 0 Å². The maximum atomic E-state index is 13.2. The number of benzene rings is 2. The fourth-order valence-corrected chi connectivity index (χ4v) is 4.34. The number of tetrazole rings is 1. The highest BCUT2D eigenvalue weighted by atomic mass is 16.3. The van der Waals surface area contributed by atoms with Gasteiger partial charge in [0.15, 0.2) is 5.82 Å². The molecule has 9 nitrogen and oxygen atoms in total. The molecular weight excluding hydrogens is 442 g/mol. The van der Waals surface area contributed by atoms with Gasteiger partial charge in [-0.25, -0.2) is 9.89 Å². The largest absolute Gasteiger partial charge is 0.508 e. The molecule has 0 aliphatic carbocycles. The SMILES string of the molecule is CCCC(c1ccccc1O)n1ccn(Cc2ccc(-c3ccccc3-c3nnn[nH]3)cn2)c1=O. The zero-order chi connectivity index (χ0) is 24.2. The van der Waals surface area contributed by atoms with Crippen LogP contribution in [0.15, 0.2) is 84.0 Å². The minimum absolute atomic E-state index is 0.138. The summed E-state index contributed by atoms with van der Waals surface area (Å²) in [7, 11) is 0. The Hall–Kier alpha value is -4.53. The van der Waals surface area contributed by atoms with Gasteiger partial charge in [0.2, 0.25) is 0 Å². The lowest BCUT2D eigenvalue weighted by Crippen LogP contribution is -2.28. The van der Waals surface area contributed by atoms with Crippen LogP contribution in [0.1, 0.15) is 37.1 Å². The van der Waals surface area contributed by atoms with Gasteiger partial charge < -0.3 is 5.11 Å². The van der Waals surface area contributed by atoms with Gasteiger partial charge in [-0.1, -0.05) is 61.9 Å². The predicted molar refractivity (Wildman–Crippen MR) is 132 cm³/mol. The number of rotatable bonds is 8. The Morgan fingerprint density at radius 2 is 1.80 bits per heavy atom. The topological polar surface area (TPSA) is 115 Å². The second-order valence-electron chi connectivity index (χ2n) is 8.31. The molecule has 176 valence electrons. The minimum Gasteiger partial charge on any atom is -0.508 e. The molecule has 3 heterocycles. The third-order valence-corrected chi connectivity index (χ3v) is 6.06. The Morgan fingerprint density at radius 1 is 1.00 bits per heavy atom. The van der Waals surface area contributed by atoms with Crippen LogP contribution in [-0.2, 0) is 6.54 Å². The molecule has 9 heteroatoms. The van der Waals surface area contributed by atoms with Crippen LogP contribution in [0.2, 0.25) is 0 Å². The van der Waals surface area contributed by atoms with Crippen LogP contribution < -0.4 is 5.69 Å². The maximum Gasteiger partial charge on any atom is 0.329 e. The standard InChI is InChI=1S/C26H25N7O2/c1-2-7-23(22-10-5-6-11-24(22)34)33-15-14-32(26(33)35)17-19-13-12-18(16-27-19)20-8-3-4-9-21(20)25-28-30-31-29-25/h3-6,8-16,23,34H,2,7,17H2,1H3,(H,28,29,30,31). The Kier molecular flexibility index (Phi) is 6.21. The van der Waals surface area contributed by atoms with Crippen molar-refractivity contribution in [2.75, 3.05) is 0 Å². The molecule has 0 saturated heterocycles. The molecule has 35 heavy (non-hydrogen) atoms. The minimum atomic E-state index is -0.229. The van der Waals surface area contributed by atoms with Crippen LogP contribution in [0.25, 0.3) is 22.5 Å². The first-order valence-corrected chi connectivity index (χ1v) is 11.5. The van der Waals surface area contributed by atoms with E-state index in [1.165, 1.54) is 0 Å². The first kappa shape index (κ1) is 22.3.